The number of methoxy groups -OCH3 is 1. The molecule has 3 rings (SSSR count). The largest absolute Gasteiger partial charge is 0.497 e. The van der Waals surface area contributed by atoms with Gasteiger partial charge >= 0.3 is 0 Å². The zero-order chi connectivity index (χ0) is 20.5. The van der Waals surface area contributed by atoms with Gasteiger partial charge in [0.25, 0.3) is 10.0 Å². The van der Waals surface area contributed by atoms with Crippen molar-refractivity contribution in [2.75, 3.05) is 11.4 Å². The molecule has 1 aromatic heterocycles. The van der Waals surface area contributed by atoms with Crippen LogP contribution in [0.4, 0.5) is 5.13 Å². The van der Waals surface area contributed by atoms with Gasteiger partial charge in [-0.15, -0.1) is 11.3 Å². The monoisotopic (exact) mass is 500 g/mol. The molecule has 1 heterocycles. The number of aromatic nitrogens is 1. The molecule has 148 valence electrons. The molecular weight excluding hydrogens is 484 g/mol. The summed E-state index contributed by atoms with van der Waals surface area (Å²) >= 11 is 10.8. The minimum absolute atomic E-state index is 0.152. The van der Waals surface area contributed by atoms with Gasteiger partial charge in [-0.3, -0.25) is 0 Å². The standard InChI is InChI=1S/C19H18BrClN2O3S2/c1-12-8-15(26-3)5-4-14(12)11-23(19-22-6-7-27-19)28(24,25)18-10-17(21)16(20)9-13(18)2/h4-10H,11H2,1-3H3. The van der Waals surface area contributed by atoms with Crippen molar-refractivity contribution in [3.05, 3.63) is 68.1 Å². The van der Waals surface area contributed by atoms with Crippen LogP contribution in [0.5, 0.6) is 5.75 Å². The van der Waals surface area contributed by atoms with Crippen molar-refractivity contribution in [3.63, 3.8) is 0 Å². The van der Waals surface area contributed by atoms with E-state index in [0.29, 0.717) is 20.2 Å². The van der Waals surface area contributed by atoms with E-state index in [4.69, 9.17) is 16.3 Å². The molecule has 0 atom stereocenters. The lowest BCUT2D eigenvalue weighted by Gasteiger charge is -2.24. The van der Waals surface area contributed by atoms with E-state index in [-0.39, 0.29) is 11.4 Å². The van der Waals surface area contributed by atoms with Gasteiger partial charge in [0.05, 0.1) is 23.6 Å². The van der Waals surface area contributed by atoms with Gasteiger partial charge in [-0.05, 0) is 70.7 Å². The molecule has 0 saturated carbocycles. The predicted molar refractivity (Wildman–Crippen MR) is 117 cm³/mol. The van der Waals surface area contributed by atoms with Crippen LogP contribution in [-0.2, 0) is 16.6 Å². The first-order valence-electron chi connectivity index (χ1n) is 8.25. The number of nitrogens with zero attached hydrogens (tertiary/aromatic N) is 2. The fraction of sp³-hybridized carbons (Fsp3) is 0.211. The Morgan fingerprint density at radius 1 is 1.21 bits per heavy atom. The molecule has 0 bridgehead atoms. The van der Waals surface area contributed by atoms with E-state index in [9.17, 15) is 8.42 Å². The van der Waals surface area contributed by atoms with Crippen LogP contribution in [0.1, 0.15) is 16.7 Å². The summed E-state index contributed by atoms with van der Waals surface area (Å²) < 4.78 is 34.3. The minimum atomic E-state index is -3.88. The Balaban J connectivity index is 2.10. The number of halogens is 2. The van der Waals surface area contributed by atoms with Crippen molar-refractivity contribution < 1.29 is 13.2 Å². The SMILES string of the molecule is COc1ccc(CN(c2nccs2)S(=O)(=O)c2cc(Cl)c(Br)cc2C)c(C)c1. The second-order valence-corrected chi connectivity index (χ2v) is 10.1. The average Bonchev–Trinajstić information content (AvgIpc) is 3.17. The number of rotatable bonds is 6. The van der Waals surface area contributed by atoms with Crippen LogP contribution in [0.2, 0.25) is 5.02 Å². The quantitative estimate of drug-likeness (QED) is 0.442. The number of aryl methyl sites for hydroxylation is 2. The minimum Gasteiger partial charge on any atom is -0.497 e. The Morgan fingerprint density at radius 2 is 1.96 bits per heavy atom. The highest BCUT2D eigenvalue weighted by molar-refractivity contribution is 9.10. The van der Waals surface area contributed by atoms with Gasteiger partial charge in [0.2, 0.25) is 0 Å². The first-order valence-corrected chi connectivity index (χ1v) is 11.7. The van der Waals surface area contributed by atoms with E-state index in [0.717, 1.165) is 16.9 Å². The molecule has 0 fully saturated rings. The average molecular weight is 502 g/mol. The lowest BCUT2D eigenvalue weighted by atomic mass is 10.1. The van der Waals surface area contributed by atoms with E-state index in [1.807, 2.05) is 25.1 Å². The van der Waals surface area contributed by atoms with Gasteiger partial charge in [0.15, 0.2) is 5.13 Å². The van der Waals surface area contributed by atoms with E-state index in [2.05, 4.69) is 20.9 Å². The first-order chi connectivity index (χ1) is 13.2. The molecule has 0 radical (unpaired) electrons. The maximum atomic E-state index is 13.5. The molecule has 5 nitrogen and oxygen atoms in total. The molecular formula is C19H18BrClN2O3S2. The topological polar surface area (TPSA) is 59.5 Å². The number of ether oxygens (including phenoxy) is 1. The molecule has 0 aliphatic rings. The maximum Gasteiger partial charge on any atom is 0.266 e. The highest BCUT2D eigenvalue weighted by Gasteiger charge is 2.29. The summed E-state index contributed by atoms with van der Waals surface area (Å²) in [6.45, 7) is 3.82. The van der Waals surface area contributed by atoms with Crippen LogP contribution in [0.3, 0.4) is 0 Å². The Morgan fingerprint density at radius 3 is 2.57 bits per heavy atom. The van der Waals surface area contributed by atoms with Gasteiger partial charge in [0, 0.05) is 16.0 Å². The summed E-state index contributed by atoms with van der Waals surface area (Å²) in [5.41, 5.74) is 2.39. The Hall–Kier alpha value is -1.61. The number of benzene rings is 2. The highest BCUT2D eigenvalue weighted by atomic mass is 79.9. The van der Waals surface area contributed by atoms with E-state index in [1.54, 1.807) is 31.7 Å². The van der Waals surface area contributed by atoms with E-state index in [1.165, 1.54) is 21.7 Å². The van der Waals surface area contributed by atoms with E-state index >= 15 is 0 Å². The summed E-state index contributed by atoms with van der Waals surface area (Å²) in [5.74, 6) is 0.723. The molecule has 2 aromatic carbocycles. The van der Waals surface area contributed by atoms with Crippen molar-refractivity contribution in [2.45, 2.75) is 25.3 Å². The van der Waals surface area contributed by atoms with Gasteiger partial charge < -0.3 is 4.74 Å². The van der Waals surface area contributed by atoms with Crippen molar-refractivity contribution in [1.82, 2.24) is 4.98 Å². The van der Waals surface area contributed by atoms with Crippen LogP contribution >= 0.6 is 38.9 Å². The zero-order valence-electron chi connectivity index (χ0n) is 15.4. The highest BCUT2D eigenvalue weighted by Crippen LogP contribution is 2.34. The molecule has 0 unspecified atom stereocenters. The smallest absolute Gasteiger partial charge is 0.266 e. The van der Waals surface area contributed by atoms with Crippen molar-refractivity contribution >= 4 is 54.0 Å². The summed E-state index contributed by atoms with van der Waals surface area (Å²) in [6.07, 6.45) is 1.59. The molecule has 0 aliphatic heterocycles. The zero-order valence-corrected chi connectivity index (χ0v) is 19.4. The summed E-state index contributed by atoms with van der Waals surface area (Å²) in [7, 11) is -2.28. The molecule has 0 spiro atoms. The lowest BCUT2D eigenvalue weighted by Crippen LogP contribution is -2.31. The van der Waals surface area contributed by atoms with Gasteiger partial charge in [-0.25, -0.2) is 17.7 Å². The Kier molecular flexibility index (Phi) is 6.34. The van der Waals surface area contributed by atoms with Crippen LogP contribution in [0.15, 0.2) is 51.3 Å². The second kappa shape index (κ2) is 8.41. The maximum absolute atomic E-state index is 13.5. The van der Waals surface area contributed by atoms with Crippen LogP contribution in [-0.4, -0.2) is 20.5 Å². The number of hydrogen-bond donors (Lipinski definition) is 0. The summed E-state index contributed by atoms with van der Waals surface area (Å²) in [5, 5.41) is 2.48. The van der Waals surface area contributed by atoms with Crippen LogP contribution < -0.4 is 9.04 Å². The molecule has 3 aromatic rings. The third kappa shape index (κ3) is 4.20. The molecule has 9 heteroatoms. The molecule has 0 N–H and O–H groups in total. The molecule has 0 amide bonds. The molecule has 0 saturated heterocycles. The van der Waals surface area contributed by atoms with Crippen molar-refractivity contribution in [3.8, 4) is 5.75 Å². The van der Waals surface area contributed by atoms with Crippen LogP contribution in [0.25, 0.3) is 0 Å². The fourth-order valence-corrected chi connectivity index (χ4v) is 5.94. The predicted octanol–water partition coefficient (Wildman–Crippen LogP) is 5.58. The van der Waals surface area contributed by atoms with E-state index < -0.39 is 10.0 Å². The Bertz CT molecular complexity index is 1100. The van der Waals surface area contributed by atoms with Crippen LogP contribution in [0, 0.1) is 13.8 Å². The fourth-order valence-electron chi connectivity index (χ4n) is 2.75. The summed E-state index contributed by atoms with van der Waals surface area (Å²) in [6, 6.07) is 8.73. The first kappa shape index (κ1) is 21.1. The van der Waals surface area contributed by atoms with Crippen molar-refractivity contribution in [2.24, 2.45) is 0 Å². The molecule has 0 aliphatic carbocycles. The van der Waals surface area contributed by atoms with Crippen molar-refractivity contribution in [1.29, 1.82) is 0 Å². The Labute approximate surface area is 182 Å². The second-order valence-electron chi connectivity index (χ2n) is 6.15. The summed E-state index contributed by atoms with van der Waals surface area (Å²) in [4.78, 5) is 4.39. The molecule has 28 heavy (non-hydrogen) atoms. The normalized spacial score (nSPS) is 11.5. The third-order valence-corrected chi connectivity index (χ3v) is 8.27. The third-order valence-electron chi connectivity index (χ3n) is 4.28. The number of sulfonamides is 1. The van der Waals surface area contributed by atoms with Gasteiger partial charge in [-0.1, -0.05) is 17.7 Å². The lowest BCUT2D eigenvalue weighted by molar-refractivity contribution is 0.414. The van der Waals surface area contributed by atoms with Gasteiger partial charge in [0.1, 0.15) is 5.75 Å². The number of anilines is 1. The number of thiazole rings is 1. The van der Waals surface area contributed by atoms with Gasteiger partial charge in [-0.2, -0.15) is 0 Å². The number of hydrogen-bond acceptors (Lipinski definition) is 5.